The molecule has 0 saturated carbocycles. The number of hydrogen-bond donors (Lipinski definition) is 1. The fraction of sp³-hybridized carbons (Fsp3) is 0. The molecule has 1 aromatic carbocycles. The standard InChI is InChI=1S/C15H9Cl2N3O/c16-13-6-10(7-14(17)20-13)15(21)19-11-5-9-3-1-2-4-12(9)18-8-11/h1-8H,(H,19,21). The van der Waals surface area contributed by atoms with Crippen LogP contribution in [0.5, 0.6) is 0 Å². The summed E-state index contributed by atoms with van der Waals surface area (Å²) in [6.45, 7) is 0. The van der Waals surface area contributed by atoms with Crippen LogP contribution in [0.2, 0.25) is 10.3 Å². The van der Waals surface area contributed by atoms with Gasteiger partial charge in [0.25, 0.3) is 5.91 Å². The molecule has 0 aliphatic heterocycles. The normalized spacial score (nSPS) is 10.6. The van der Waals surface area contributed by atoms with Crippen LogP contribution >= 0.6 is 23.2 Å². The smallest absolute Gasteiger partial charge is 0.255 e. The molecule has 2 heterocycles. The highest BCUT2D eigenvalue weighted by Crippen LogP contribution is 2.19. The Bertz CT molecular complexity index is 816. The predicted octanol–water partition coefficient (Wildman–Crippen LogP) is 4.19. The van der Waals surface area contributed by atoms with E-state index in [-0.39, 0.29) is 16.2 Å². The van der Waals surface area contributed by atoms with Gasteiger partial charge in [0.15, 0.2) is 0 Å². The summed E-state index contributed by atoms with van der Waals surface area (Å²) in [6, 6.07) is 12.4. The van der Waals surface area contributed by atoms with Crippen LogP contribution in [0.25, 0.3) is 10.9 Å². The first-order chi connectivity index (χ1) is 10.1. The number of carbonyl (C=O) groups is 1. The van der Waals surface area contributed by atoms with Gasteiger partial charge in [-0.1, -0.05) is 41.4 Å². The van der Waals surface area contributed by atoms with Crippen LogP contribution in [0.4, 0.5) is 5.69 Å². The molecule has 3 rings (SSSR count). The molecule has 21 heavy (non-hydrogen) atoms. The summed E-state index contributed by atoms with van der Waals surface area (Å²) in [5.74, 6) is -0.321. The number of aromatic nitrogens is 2. The van der Waals surface area contributed by atoms with E-state index in [2.05, 4.69) is 15.3 Å². The summed E-state index contributed by atoms with van der Waals surface area (Å²) in [7, 11) is 0. The van der Waals surface area contributed by atoms with Gasteiger partial charge in [0.2, 0.25) is 0 Å². The molecule has 0 atom stereocenters. The maximum atomic E-state index is 12.2. The number of anilines is 1. The van der Waals surface area contributed by atoms with E-state index in [4.69, 9.17) is 23.2 Å². The molecule has 3 aromatic rings. The van der Waals surface area contributed by atoms with Crippen molar-refractivity contribution in [1.82, 2.24) is 9.97 Å². The summed E-state index contributed by atoms with van der Waals surface area (Å²) >= 11 is 11.6. The zero-order valence-electron chi connectivity index (χ0n) is 10.7. The summed E-state index contributed by atoms with van der Waals surface area (Å²) < 4.78 is 0. The lowest BCUT2D eigenvalue weighted by atomic mass is 10.2. The first-order valence-electron chi connectivity index (χ1n) is 6.11. The lowest BCUT2D eigenvalue weighted by Gasteiger charge is -2.06. The highest BCUT2D eigenvalue weighted by atomic mass is 35.5. The van der Waals surface area contributed by atoms with Crippen molar-refractivity contribution < 1.29 is 4.79 Å². The molecule has 0 saturated heterocycles. The lowest BCUT2D eigenvalue weighted by molar-refractivity contribution is 0.102. The molecule has 0 aliphatic carbocycles. The number of rotatable bonds is 2. The SMILES string of the molecule is O=C(Nc1cnc2ccccc2c1)c1cc(Cl)nc(Cl)c1. The number of amides is 1. The maximum absolute atomic E-state index is 12.2. The minimum atomic E-state index is -0.321. The van der Waals surface area contributed by atoms with Gasteiger partial charge in [-0.05, 0) is 24.3 Å². The van der Waals surface area contributed by atoms with E-state index in [1.807, 2.05) is 30.3 Å². The molecular weight excluding hydrogens is 309 g/mol. The zero-order valence-corrected chi connectivity index (χ0v) is 12.2. The van der Waals surface area contributed by atoms with Gasteiger partial charge < -0.3 is 5.32 Å². The van der Waals surface area contributed by atoms with Gasteiger partial charge in [-0.3, -0.25) is 9.78 Å². The highest BCUT2D eigenvalue weighted by Gasteiger charge is 2.09. The quantitative estimate of drug-likeness (QED) is 0.721. The number of nitrogens with one attached hydrogen (secondary N) is 1. The van der Waals surface area contributed by atoms with Crippen molar-refractivity contribution in [3.8, 4) is 0 Å². The van der Waals surface area contributed by atoms with Crippen molar-refractivity contribution >= 4 is 45.7 Å². The van der Waals surface area contributed by atoms with Crippen molar-refractivity contribution in [2.24, 2.45) is 0 Å². The summed E-state index contributed by atoms with van der Waals surface area (Å²) in [4.78, 5) is 20.3. The molecule has 0 spiro atoms. The minimum Gasteiger partial charge on any atom is -0.321 e. The number of para-hydroxylation sites is 1. The van der Waals surface area contributed by atoms with Crippen LogP contribution in [0.3, 0.4) is 0 Å². The third kappa shape index (κ3) is 3.12. The molecule has 1 N–H and O–H groups in total. The fourth-order valence-corrected chi connectivity index (χ4v) is 2.40. The first kappa shape index (κ1) is 13.8. The maximum Gasteiger partial charge on any atom is 0.255 e. The second kappa shape index (κ2) is 5.68. The number of hydrogen-bond acceptors (Lipinski definition) is 3. The number of halogens is 2. The van der Waals surface area contributed by atoms with Crippen molar-refractivity contribution in [3.05, 3.63) is 64.5 Å². The van der Waals surface area contributed by atoms with Gasteiger partial charge in [-0.15, -0.1) is 0 Å². The monoisotopic (exact) mass is 317 g/mol. The molecule has 1 amide bonds. The number of pyridine rings is 2. The van der Waals surface area contributed by atoms with E-state index in [1.165, 1.54) is 12.1 Å². The lowest BCUT2D eigenvalue weighted by Crippen LogP contribution is -2.12. The van der Waals surface area contributed by atoms with E-state index >= 15 is 0 Å². The van der Waals surface area contributed by atoms with Gasteiger partial charge in [0.05, 0.1) is 17.4 Å². The van der Waals surface area contributed by atoms with E-state index in [0.29, 0.717) is 11.3 Å². The minimum absolute atomic E-state index is 0.171. The Labute approximate surface area is 130 Å². The molecule has 104 valence electrons. The largest absolute Gasteiger partial charge is 0.321 e. The van der Waals surface area contributed by atoms with Crippen LogP contribution in [-0.2, 0) is 0 Å². The Hall–Kier alpha value is -2.17. The predicted molar refractivity (Wildman–Crippen MR) is 84.0 cm³/mol. The van der Waals surface area contributed by atoms with Crippen LogP contribution in [0, 0.1) is 0 Å². The summed E-state index contributed by atoms with van der Waals surface area (Å²) in [5.41, 5.74) is 1.81. The average molecular weight is 318 g/mol. The number of benzene rings is 1. The first-order valence-corrected chi connectivity index (χ1v) is 6.87. The van der Waals surface area contributed by atoms with E-state index < -0.39 is 0 Å². The van der Waals surface area contributed by atoms with Crippen molar-refractivity contribution in [3.63, 3.8) is 0 Å². The van der Waals surface area contributed by atoms with Crippen molar-refractivity contribution in [2.75, 3.05) is 5.32 Å². The van der Waals surface area contributed by atoms with Crippen LogP contribution in [0.1, 0.15) is 10.4 Å². The molecular formula is C15H9Cl2N3O. The molecule has 0 fully saturated rings. The Balaban J connectivity index is 1.88. The van der Waals surface area contributed by atoms with Crippen molar-refractivity contribution in [1.29, 1.82) is 0 Å². The zero-order chi connectivity index (χ0) is 14.8. The Kier molecular flexibility index (Phi) is 3.73. The second-order valence-electron chi connectivity index (χ2n) is 4.37. The van der Waals surface area contributed by atoms with E-state index in [0.717, 1.165) is 10.9 Å². The molecule has 0 unspecified atom stereocenters. The molecule has 0 aliphatic rings. The molecule has 0 bridgehead atoms. The van der Waals surface area contributed by atoms with Crippen LogP contribution < -0.4 is 5.32 Å². The Morgan fingerprint density at radius 2 is 1.76 bits per heavy atom. The van der Waals surface area contributed by atoms with E-state index in [9.17, 15) is 4.79 Å². The molecule has 6 heteroatoms. The average Bonchev–Trinajstić information content (AvgIpc) is 2.46. The Morgan fingerprint density at radius 3 is 2.52 bits per heavy atom. The van der Waals surface area contributed by atoms with Gasteiger partial charge in [-0.25, -0.2) is 4.98 Å². The summed E-state index contributed by atoms with van der Waals surface area (Å²) in [5, 5.41) is 4.05. The van der Waals surface area contributed by atoms with Gasteiger partial charge in [0.1, 0.15) is 10.3 Å². The van der Waals surface area contributed by atoms with Crippen molar-refractivity contribution in [2.45, 2.75) is 0 Å². The molecule has 0 radical (unpaired) electrons. The third-order valence-corrected chi connectivity index (χ3v) is 3.26. The topological polar surface area (TPSA) is 54.9 Å². The molecule has 2 aromatic heterocycles. The van der Waals surface area contributed by atoms with E-state index in [1.54, 1.807) is 6.20 Å². The fourth-order valence-electron chi connectivity index (χ4n) is 1.94. The Morgan fingerprint density at radius 1 is 1.05 bits per heavy atom. The second-order valence-corrected chi connectivity index (χ2v) is 5.15. The highest BCUT2D eigenvalue weighted by molar-refractivity contribution is 6.33. The number of nitrogens with zero attached hydrogens (tertiary/aromatic N) is 2. The summed E-state index contributed by atoms with van der Waals surface area (Å²) in [6.07, 6.45) is 1.60. The van der Waals surface area contributed by atoms with Gasteiger partial charge >= 0.3 is 0 Å². The third-order valence-electron chi connectivity index (χ3n) is 2.87. The van der Waals surface area contributed by atoms with Crippen LogP contribution in [-0.4, -0.2) is 15.9 Å². The van der Waals surface area contributed by atoms with Gasteiger partial charge in [-0.2, -0.15) is 0 Å². The number of fused-ring (bicyclic) bond motifs is 1. The molecule has 4 nitrogen and oxygen atoms in total. The van der Waals surface area contributed by atoms with Gasteiger partial charge in [0, 0.05) is 10.9 Å². The van der Waals surface area contributed by atoms with Crippen LogP contribution in [0.15, 0.2) is 48.7 Å². The number of carbonyl (C=O) groups excluding carboxylic acids is 1.